The quantitative estimate of drug-likeness (QED) is 0.741. The number of nitrogens with one attached hydrogen (secondary N) is 1. The Labute approximate surface area is 156 Å². The van der Waals surface area contributed by atoms with Gasteiger partial charge < -0.3 is 19.9 Å². The van der Waals surface area contributed by atoms with Gasteiger partial charge in [-0.2, -0.15) is 0 Å². The van der Waals surface area contributed by atoms with Gasteiger partial charge in [-0.25, -0.2) is 9.18 Å². The first-order valence-electron chi connectivity index (χ1n) is 8.43. The molecule has 0 heterocycles. The highest BCUT2D eigenvalue weighted by molar-refractivity contribution is 5.95. The zero-order chi connectivity index (χ0) is 20.0. The minimum atomic E-state index is -1.07. The van der Waals surface area contributed by atoms with Crippen molar-refractivity contribution in [2.45, 2.75) is 26.9 Å². The van der Waals surface area contributed by atoms with E-state index in [1.807, 2.05) is 0 Å². The van der Waals surface area contributed by atoms with E-state index >= 15 is 0 Å². The SMILES string of the molecule is Cc1cc(C(=O)NCC(C)Oc2ccccc2F)cc(C)c1OCC(=O)O. The number of carbonyl (C=O) groups excluding carboxylic acids is 1. The lowest BCUT2D eigenvalue weighted by Gasteiger charge is -2.17. The van der Waals surface area contributed by atoms with Crippen LogP contribution in [0.1, 0.15) is 28.4 Å². The molecule has 1 amide bonds. The number of aliphatic carboxylic acids is 1. The third-order valence-corrected chi connectivity index (χ3v) is 3.78. The van der Waals surface area contributed by atoms with Crippen LogP contribution >= 0.6 is 0 Å². The van der Waals surface area contributed by atoms with Crippen molar-refractivity contribution >= 4 is 11.9 Å². The van der Waals surface area contributed by atoms with Gasteiger partial charge in [-0.1, -0.05) is 12.1 Å². The van der Waals surface area contributed by atoms with E-state index in [2.05, 4.69) is 5.32 Å². The molecule has 0 fully saturated rings. The summed E-state index contributed by atoms with van der Waals surface area (Å²) < 4.78 is 24.3. The fourth-order valence-electron chi connectivity index (χ4n) is 2.58. The Hall–Kier alpha value is -3.09. The van der Waals surface area contributed by atoms with Gasteiger partial charge in [0.1, 0.15) is 11.9 Å². The maximum Gasteiger partial charge on any atom is 0.341 e. The number of ether oxygens (including phenoxy) is 2. The number of halogens is 1. The van der Waals surface area contributed by atoms with Crippen molar-refractivity contribution in [1.82, 2.24) is 5.32 Å². The molecule has 6 nitrogen and oxygen atoms in total. The van der Waals surface area contributed by atoms with Gasteiger partial charge in [-0.3, -0.25) is 4.79 Å². The summed E-state index contributed by atoms with van der Waals surface area (Å²) in [5, 5.41) is 11.5. The molecule has 0 aliphatic heterocycles. The van der Waals surface area contributed by atoms with Gasteiger partial charge in [-0.05, 0) is 56.2 Å². The predicted octanol–water partition coefficient (Wildman–Crippen LogP) is 3.10. The summed E-state index contributed by atoms with van der Waals surface area (Å²) in [5.41, 5.74) is 1.75. The van der Waals surface area contributed by atoms with Crippen molar-refractivity contribution in [2.75, 3.05) is 13.2 Å². The van der Waals surface area contributed by atoms with Crippen molar-refractivity contribution in [3.05, 3.63) is 58.9 Å². The second-order valence-electron chi connectivity index (χ2n) is 6.19. The van der Waals surface area contributed by atoms with E-state index in [9.17, 15) is 14.0 Å². The first kappa shape index (κ1) is 20.2. The number of rotatable bonds is 8. The molecule has 2 N–H and O–H groups in total. The molecule has 0 spiro atoms. The van der Waals surface area contributed by atoms with Gasteiger partial charge in [0.05, 0.1) is 6.54 Å². The minimum Gasteiger partial charge on any atom is -0.486 e. The highest BCUT2D eigenvalue weighted by Gasteiger charge is 2.14. The number of carboxylic acid groups (broad SMARTS) is 1. The lowest BCUT2D eigenvalue weighted by atomic mass is 10.0. The largest absolute Gasteiger partial charge is 0.486 e. The molecular formula is C20H22FNO5. The van der Waals surface area contributed by atoms with Crippen LogP contribution in [0.5, 0.6) is 11.5 Å². The summed E-state index contributed by atoms with van der Waals surface area (Å²) in [6.45, 7) is 4.96. The zero-order valence-corrected chi connectivity index (χ0v) is 15.4. The number of hydrogen-bond acceptors (Lipinski definition) is 4. The van der Waals surface area contributed by atoms with Gasteiger partial charge in [-0.15, -0.1) is 0 Å². The zero-order valence-electron chi connectivity index (χ0n) is 15.4. The molecule has 2 aromatic carbocycles. The van der Waals surface area contributed by atoms with Crippen molar-refractivity contribution in [1.29, 1.82) is 0 Å². The van der Waals surface area contributed by atoms with Crippen LogP contribution in [0.2, 0.25) is 0 Å². The molecule has 0 aliphatic rings. The topological polar surface area (TPSA) is 84.9 Å². The van der Waals surface area contributed by atoms with E-state index in [1.165, 1.54) is 12.1 Å². The monoisotopic (exact) mass is 375 g/mol. The van der Waals surface area contributed by atoms with Gasteiger partial charge in [0.25, 0.3) is 5.91 Å². The summed E-state index contributed by atoms with van der Waals surface area (Å²) in [6.07, 6.45) is -0.425. The molecule has 1 atom stereocenters. The summed E-state index contributed by atoms with van der Waals surface area (Å²) in [7, 11) is 0. The standard InChI is InChI=1S/C20H22FNO5/c1-12-8-15(9-13(2)19(12)26-11-18(23)24)20(25)22-10-14(3)27-17-7-5-4-6-16(17)21/h4-9,14H,10-11H2,1-3H3,(H,22,25)(H,23,24). The van der Waals surface area contributed by atoms with Gasteiger partial charge in [0.2, 0.25) is 0 Å². The van der Waals surface area contributed by atoms with Crippen LogP contribution in [0.15, 0.2) is 36.4 Å². The third-order valence-electron chi connectivity index (χ3n) is 3.78. The van der Waals surface area contributed by atoms with E-state index in [4.69, 9.17) is 14.6 Å². The lowest BCUT2D eigenvalue weighted by molar-refractivity contribution is -0.139. The average molecular weight is 375 g/mol. The highest BCUT2D eigenvalue weighted by Crippen LogP contribution is 2.25. The van der Waals surface area contributed by atoms with Crippen LogP contribution in [-0.4, -0.2) is 36.2 Å². The fraction of sp³-hybridized carbons (Fsp3) is 0.300. The second-order valence-corrected chi connectivity index (χ2v) is 6.19. The molecule has 0 radical (unpaired) electrons. The summed E-state index contributed by atoms with van der Waals surface area (Å²) in [5.74, 6) is -1.26. The third kappa shape index (κ3) is 5.70. The van der Waals surface area contributed by atoms with Crippen LogP contribution < -0.4 is 14.8 Å². The molecule has 0 aromatic heterocycles. The summed E-state index contributed by atoms with van der Waals surface area (Å²) in [4.78, 5) is 23.0. The van der Waals surface area contributed by atoms with E-state index in [0.29, 0.717) is 22.4 Å². The van der Waals surface area contributed by atoms with Crippen molar-refractivity contribution < 1.29 is 28.6 Å². The number of carboxylic acids is 1. The normalized spacial score (nSPS) is 11.6. The van der Waals surface area contributed by atoms with Crippen LogP contribution in [-0.2, 0) is 4.79 Å². The van der Waals surface area contributed by atoms with Crippen LogP contribution in [0.3, 0.4) is 0 Å². The molecule has 144 valence electrons. The molecule has 27 heavy (non-hydrogen) atoms. The Kier molecular flexibility index (Phi) is 6.76. The van der Waals surface area contributed by atoms with Crippen molar-refractivity contribution in [3.8, 4) is 11.5 Å². The molecule has 7 heteroatoms. The average Bonchev–Trinajstić information content (AvgIpc) is 2.60. The van der Waals surface area contributed by atoms with Gasteiger partial charge in [0.15, 0.2) is 18.2 Å². The number of benzene rings is 2. The number of carbonyl (C=O) groups is 2. The second kappa shape index (κ2) is 9.02. The van der Waals surface area contributed by atoms with Gasteiger partial charge in [0, 0.05) is 5.56 Å². The summed E-state index contributed by atoms with van der Waals surface area (Å²) in [6, 6.07) is 9.33. The van der Waals surface area contributed by atoms with Crippen molar-refractivity contribution in [3.63, 3.8) is 0 Å². The predicted molar refractivity (Wildman–Crippen MR) is 97.9 cm³/mol. The Balaban J connectivity index is 1.97. The van der Waals surface area contributed by atoms with Gasteiger partial charge >= 0.3 is 5.97 Å². The van der Waals surface area contributed by atoms with Crippen LogP contribution in [0, 0.1) is 19.7 Å². The maximum atomic E-state index is 13.6. The lowest BCUT2D eigenvalue weighted by Crippen LogP contribution is -2.33. The molecule has 2 rings (SSSR count). The van der Waals surface area contributed by atoms with E-state index < -0.39 is 24.5 Å². The molecule has 1 unspecified atom stereocenters. The maximum absolute atomic E-state index is 13.6. The van der Waals surface area contributed by atoms with E-state index in [1.54, 1.807) is 45.0 Å². The number of hydrogen-bond donors (Lipinski definition) is 2. The smallest absolute Gasteiger partial charge is 0.341 e. The summed E-state index contributed by atoms with van der Waals surface area (Å²) >= 11 is 0. The molecule has 0 bridgehead atoms. The van der Waals surface area contributed by atoms with E-state index in [-0.39, 0.29) is 18.2 Å². The highest BCUT2D eigenvalue weighted by atomic mass is 19.1. The first-order valence-corrected chi connectivity index (χ1v) is 8.43. The van der Waals surface area contributed by atoms with E-state index in [0.717, 1.165) is 0 Å². The molecule has 2 aromatic rings. The van der Waals surface area contributed by atoms with Crippen LogP contribution in [0.25, 0.3) is 0 Å². The first-order chi connectivity index (χ1) is 12.8. The van der Waals surface area contributed by atoms with Crippen molar-refractivity contribution in [2.24, 2.45) is 0 Å². The Morgan fingerprint density at radius 2 is 1.81 bits per heavy atom. The number of amides is 1. The Bertz CT molecular complexity index is 814. The molecule has 0 saturated heterocycles. The number of aryl methyl sites for hydroxylation is 2. The molecular weight excluding hydrogens is 353 g/mol. The molecule has 0 saturated carbocycles. The fourth-order valence-corrected chi connectivity index (χ4v) is 2.58. The van der Waals surface area contributed by atoms with Crippen LogP contribution in [0.4, 0.5) is 4.39 Å². The Morgan fingerprint density at radius 1 is 1.19 bits per heavy atom. The number of para-hydroxylation sites is 1. The minimum absolute atomic E-state index is 0.130. The Morgan fingerprint density at radius 3 is 2.41 bits per heavy atom. The molecule has 0 aliphatic carbocycles.